The lowest BCUT2D eigenvalue weighted by Gasteiger charge is -2.27. The fourth-order valence-corrected chi connectivity index (χ4v) is 3.52. The van der Waals surface area contributed by atoms with Crippen LogP contribution in [0.2, 0.25) is 0 Å². The maximum Gasteiger partial charge on any atom is 0.191 e. The SMILES string of the molecule is CCCCCNC(=NC)NCCN1CCc2sccc2C1. The van der Waals surface area contributed by atoms with Gasteiger partial charge in [-0.05, 0) is 29.9 Å². The summed E-state index contributed by atoms with van der Waals surface area (Å²) < 4.78 is 0. The number of hydrogen-bond acceptors (Lipinski definition) is 3. The number of nitrogens with one attached hydrogen (secondary N) is 2. The van der Waals surface area contributed by atoms with E-state index < -0.39 is 0 Å². The van der Waals surface area contributed by atoms with E-state index in [1.54, 1.807) is 4.88 Å². The molecule has 1 aromatic rings. The molecule has 0 spiro atoms. The van der Waals surface area contributed by atoms with E-state index in [1.807, 2.05) is 18.4 Å². The molecular weight excluding hydrogens is 280 g/mol. The summed E-state index contributed by atoms with van der Waals surface area (Å²) in [6, 6.07) is 2.27. The van der Waals surface area contributed by atoms with Crippen LogP contribution in [0.25, 0.3) is 0 Å². The molecule has 0 atom stereocenters. The molecule has 0 unspecified atom stereocenters. The predicted octanol–water partition coefficient (Wildman–Crippen LogP) is 2.46. The normalized spacial score (nSPS) is 15.8. The highest BCUT2D eigenvalue weighted by Gasteiger charge is 2.16. The molecule has 0 fully saturated rings. The minimum absolute atomic E-state index is 0.930. The summed E-state index contributed by atoms with van der Waals surface area (Å²) in [5.41, 5.74) is 1.52. The molecule has 5 heteroatoms. The van der Waals surface area contributed by atoms with Gasteiger partial charge in [-0.2, -0.15) is 0 Å². The van der Waals surface area contributed by atoms with Crippen molar-refractivity contribution in [3.63, 3.8) is 0 Å². The topological polar surface area (TPSA) is 39.7 Å². The van der Waals surface area contributed by atoms with Gasteiger partial charge in [0.2, 0.25) is 0 Å². The standard InChI is InChI=1S/C16H28N4S/c1-3-4-5-8-18-16(17-2)19-9-11-20-10-6-15-14(13-20)7-12-21-15/h7,12H,3-6,8-11,13H2,1-2H3,(H2,17,18,19). The molecule has 0 bridgehead atoms. The summed E-state index contributed by atoms with van der Waals surface area (Å²) in [6.45, 7) is 7.54. The van der Waals surface area contributed by atoms with Gasteiger partial charge in [-0.3, -0.25) is 9.89 Å². The lowest BCUT2D eigenvalue weighted by Crippen LogP contribution is -2.42. The average Bonchev–Trinajstić information content (AvgIpc) is 2.97. The molecule has 118 valence electrons. The van der Waals surface area contributed by atoms with Crippen LogP contribution >= 0.6 is 11.3 Å². The van der Waals surface area contributed by atoms with Crippen LogP contribution < -0.4 is 10.6 Å². The summed E-state index contributed by atoms with van der Waals surface area (Å²) in [4.78, 5) is 8.37. The van der Waals surface area contributed by atoms with Crippen molar-refractivity contribution in [2.75, 3.05) is 33.2 Å². The highest BCUT2D eigenvalue weighted by Crippen LogP contribution is 2.23. The van der Waals surface area contributed by atoms with Crippen molar-refractivity contribution in [2.24, 2.45) is 4.99 Å². The summed E-state index contributed by atoms with van der Waals surface area (Å²) in [6.07, 6.45) is 4.95. The third kappa shape index (κ3) is 5.32. The van der Waals surface area contributed by atoms with Gasteiger partial charge in [0.25, 0.3) is 0 Å². The lowest BCUT2D eigenvalue weighted by molar-refractivity contribution is 0.260. The molecule has 4 nitrogen and oxygen atoms in total. The van der Waals surface area contributed by atoms with Crippen LogP contribution in [-0.4, -0.2) is 44.1 Å². The van der Waals surface area contributed by atoms with Crippen LogP contribution in [-0.2, 0) is 13.0 Å². The van der Waals surface area contributed by atoms with Crippen LogP contribution in [0.15, 0.2) is 16.4 Å². The van der Waals surface area contributed by atoms with Crippen LogP contribution in [0.4, 0.5) is 0 Å². The highest BCUT2D eigenvalue weighted by atomic mass is 32.1. The van der Waals surface area contributed by atoms with Crippen LogP contribution in [0.3, 0.4) is 0 Å². The molecular formula is C16H28N4S. The molecule has 21 heavy (non-hydrogen) atoms. The van der Waals surface area contributed by atoms with Crippen LogP contribution in [0, 0.1) is 0 Å². The molecule has 0 aromatic carbocycles. The number of thiophene rings is 1. The first-order chi connectivity index (χ1) is 10.3. The quantitative estimate of drug-likeness (QED) is 0.462. The van der Waals surface area contributed by atoms with E-state index in [4.69, 9.17) is 0 Å². The van der Waals surface area contributed by atoms with Gasteiger partial charge in [-0.25, -0.2) is 0 Å². The monoisotopic (exact) mass is 308 g/mol. The zero-order chi connectivity index (χ0) is 14.9. The molecule has 1 aliphatic heterocycles. The first kappa shape index (κ1) is 16.3. The Morgan fingerprint density at radius 1 is 1.33 bits per heavy atom. The maximum absolute atomic E-state index is 4.27. The molecule has 2 N–H and O–H groups in total. The van der Waals surface area contributed by atoms with Gasteiger partial charge in [-0.1, -0.05) is 19.8 Å². The minimum Gasteiger partial charge on any atom is -0.356 e. The second kappa shape index (κ2) is 9.05. The van der Waals surface area contributed by atoms with E-state index in [0.29, 0.717) is 0 Å². The van der Waals surface area contributed by atoms with E-state index in [-0.39, 0.29) is 0 Å². The molecule has 1 aliphatic rings. The Morgan fingerprint density at radius 2 is 2.19 bits per heavy atom. The number of aliphatic imine (C=N–C) groups is 1. The van der Waals surface area contributed by atoms with E-state index in [2.05, 4.69) is 38.9 Å². The zero-order valence-corrected chi connectivity index (χ0v) is 14.1. The molecule has 1 aromatic heterocycles. The van der Waals surface area contributed by atoms with Crippen LogP contribution in [0.1, 0.15) is 36.6 Å². The zero-order valence-electron chi connectivity index (χ0n) is 13.3. The van der Waals surface area contributed by atoms with Crippen molar-refractivity contribution in [1.82, 2.24) is 15.5 Å². The van der Waals surface area contributed by atoms with Crippen molar-refractivity contribution >= 4 is 17.3 Å². The Balaban J connectivity index is 1.62. The molecule has 0 aliphatic carbocycles. The van der Waals surface area contributed by atoms with E-state index in [1.165, 1.54) is 37.8 Å². The molecule has 0 saturated carbocycles. The van der Waals surface area contributed by atoms with E-state index >= 15 is 0 Å². The average molecular weight is 308 g/mol. The van der Waals surface area contributed by atoms with Crippen molar-refractivity contribution in [1.29, 1.82) is 0 Å². The molecule has 2 heterocycles. The number of nitrogens with zero attached hydrogens (tertiary/aromatic N) is 2. The van der Waals surface area contributed by atoms with Crippen molar-refractivity contribution in [3.8, 4) is 0 Å². The number of rotatable bonds is 7. The first-order valence-electron chi connectivity index (χ1n) is 8.05. The van der Waals surface area contributed by atoms with Gasteiger partial charge in [-0.15, -0.1) is 11.3 Å². The number of unbranched alkanes of at least 4 members (excludes halogenated alkanes) is 2. The van der Waals surface area contributed by atoms with Gasteiger partial charge in [0, 0.05) is 44.6 Å². The third-order valence-corrected chi connectivity index (χ3v) is 4.93. The van der Waals surface area contributed by atoms with Gasteiger partial charge >= 0.3 is 0 Å². The second-order valence-electron chi connectivity index (χ2n) is 5.53. The van der Waals surface area contributed by atoms with Gasteiger partial charge in [0.05, 0.1) is 0 Å². The second-order valence-corrected chi connectivity index (χ2v) is 6.53. The van der Waals surface area contributed by atoms with Gasteiger partial charge < -0.3 is 10.6 Å². The van der Waals surface area contributed by atoms with Gasteiger partial charge in [0.15, 0.2) is 5.96 Å². The summed E-state index contributed by atoms with van der Waals surface area (Å²) in [5, 5.41) is 9.00. The third-order valence-electron chi connectivity index (χ3n) is 3.90. The van der Waals surface area contributed by atoms with E-state index in [9.17, 15) is 0 Å². The summed E-state index contributed by atoms with van der Waals surface area (Å²) in [7, 11) is 1.84. The molecule has 2 rings (SSSR count). The Morgan fingerprint density at radius 3 is 3.00 bits per heavy atom. The van der Waals surface area contributed by atoms with E-state index in [0.717, 1.165) is 32.1 Å². The van der Waals surface area contributed by atoms with Crippen LogP contribution in [0.5, 0.6) is 0 Å². The Labute approximate surface area is 132 Å². The number of fused-ring (bicyclic) bond motifs is 1. The largest absolute Gasteiger partial charge is 0.356 e. The Bertz CT molecular complexity index is 441. The minimum atomic E-state index is 0.930. The fourth-order valence-electron chi connectivity index (χ4n) is 2.63. The van der Waals surface area contributed by atoms with Crippen molar-refractivity contribution in [2.45, 2.75) is 39.2 Å². The maximum atomic E-state index is 4.27. The summed E-state index contributed by atoms with van der Waals surface area (Å²) >= 11 is 1.90. The number of hydrogen-bond donors (Lipinski definition) is 2. The lowest BCUT2D eigenvalue weighted by atomic mass is 10.1. The molecule has 0 amide bonds. The highest BCUT2D eigenvalue weighted by molar-refractivity contribution is 7.10. The van der Waals surface area contributed by atoms with Crippen molar-refractivity contribution < 1.29 is 0 Å². The number of guanidine groups is 1. The molecule has 0 saturated heterocycles. The molecule has 0 radical (unpaired) electrons. The smallest absolute Gasteiger partial charge is 0.191 e. The Hall–Kier alpha value is -1.07. The predicted molar refractivity (Wildman–Crippen MR) is 92.2 cm³/mol. The van der Waals surface area contributed by atoms with Crippen molar-refractivity contribution in [3.05, 3.63) is 21.9 Å². The Kier molecular flexibility index (Phi) is 7.03. The fraction of sp³-hybridized carbons (Fsp3) is 0.688. The summed E-state index contributed by atoms with van der Waals surface area (Å²) in [5.74, 6) is 0.930. The van der Waals surface area contributed by atoms with Gasteiger partial charge in [0.1, 0.15) is 0 Å². The first-order valence-corrected chi connectivity index (χ1v) is 8.93.